The summed E-state index contributed by atoms with van der Waals surface area (Å²) in [4.78, 5) is 12.6. The maximum absolute atomic E-state index is 12.6. The Hall–Kier alpha value is -1.90. The fourth-order valence-electron chi connectivity index (χ4n) is 2.89. The Labute approximate surface area is 119 Å². The summed E-state index contributed by atoms with van der Waals surface area (Å²) in [6, 6.07) is 8.14. The van der Waals surface area contributed by atoms with E-state index in [0.717, 1.165) is 22.5 Å². The van der Waals surface area contributed by atoms with Gasteiger partial charge < -0.3 is 0 Å². The Morgan fingerprint density at radius 2 is 1.85 bits per heavy atom. The molecule has 3 nitrogen and oxygen atoms in total. The lowest BCUT2D eigenvalue weighted by molar-refractivity contribution is 0.103. The average molecular weight is 268 g/mol. The minimum absolute atomic E-state index is 0.0771. The molecule has 0 unspecified atom stereocenters. The number of nitrogens with zero attached hydrogens (tertiary/aromatic N) is 2. The second kappa shape index (κ2) is 4.89. The van der Waals surface area contributed by atoms with Gasteiger partial charge in [-0.15, -0.1) is 0 Å². The molecule has 1 aromatic carbocycles. The van der Waals surface area contributed by atoms with Crippen molar-refractivity contribution in [1.29, 1.82) is 0 Å². The summed E-state index contributed by atoms with van der Waals surface area (Å²) >= 11 is 0. The normalized spacial score (nSPS) is 15.2. The molecule has 1 saturated carbocycles. The molecule has 3 heteroatoms. The largest absolute Gasteiger partial charge is 0.288 e. The predicted octanol–water partition coefficient (Wildman–Crippen LogP) is 3.54. The Morgan fingerprint density at radius 1 is 1.20 bits per heavy atom. The number of hydrogen-bond donors (Lipinski definition) is 0. The fourth-order valence-corrected chi connectivity index (χ4v) is 2.89. The van der Waals surface area contributed by atoms with Gasteiger partial charge in [0.15, 0.2) is 5.78 Å². The molecule has 0 amide bonds. The minimum Gasteiger partial charge on any atom is -0.288 e. The molecule has 1 aromatic heterocycles. The van der Waals surface area contributed by atoms with Gasteiger partial charge in [-0.25, -0.2) is 0 Å². The predicted molar refractivity (Wildman–Crippen MR) is 79.1 cm³/mol. The number of aromatic nitrogens is 2. The lowest BCUT2D eigenvalue weighted by atomic mass is 9.80. The van der Waals surface area contributed by atoms with Crippen molar-refractivity contribution in [3.63, 3.8) is 0 Å². The van der Waals surface area contributed by atoms with Crippen LogP contribution in [0.4, 0.5) is 0 Å². The third kappa shape index (κ3) is 2.07. The zero-order valence-corrected chi connectivity index (χ0v) is 12.3. The summed E-state index contributed by atoms with van der Waals surface area (Å²) in [5, 5.41) is 4.32. The second-order valence-corrected chi connectivity index (χ2v) is 5.75. The van der Waals surface area contributed by atoms with Crippen LogP contribution < -0.4 is 0 Å². The number of rotatable bonds is 3. The van der Waals surface area contributed by atoms with Crippen molar-refractivity contribution in [2.45, 2.75) is 39.0 Å². The highest BCUT2D eigenvalue weighted by molar-refractivity contribution is 6.10. The van der Waals surface area contributed by atoms with Gasteiger partial charge in [-0.3, -0.25) is 9.48 Å². The van der Waals surface area contributed by atoms with Gasteiger partial charge >= 0.3 is 0 Å². The van der Waals surface area contributed by atoms with Crippen LogP contribution in [0, 0.1) is 13.8 Å². The molecule has 0 aliphatic heterocycles. The molecule has 1 aliphatic rings. The van der Waals surface area contributed by atoms with Crippen LogP contribution in [0.2, 0.25) is 0 Å². The first-order chi connectivity index (χ1) is 9.58. The molecular weight excluding hydrogens is 248 g/mol. The van der Waals surface area contributed by atoms with Gasteiger partial charge in [0.05, 0.1) is 11.3 Å². The maximum atomic E-state index is 12.6. The Kier molecular flexibility index (Phi) is 3.20. The van der Waals surface area contributed by atoms with Crippen LogP contribution in [-0.2, 0) is 7.05 Å². The van der Waals surface area contributed by atoms with Gasteiger partial charge in [0.1, 0.15) is 0 Å². The molecule has 0 N–H and O–H groups in total. The Bertz CT molecular complexity index is 648. The minimum atomic E-state index is 0.0771. The lowest BCUT2D eigenvalue weighted by Gasteiger charge is -2.25. The molecule has 20 heavy (non-hydrogen) atoms. The monoisotopic (exact) mass is 268 g/mol. The van der Waals surface area contributed by atoms with Crippen molar-refractivity contribution in [3.8, 4) is 0 Å². The summed E-state index contributed by atoms with van der Waals surface area (Å²) in [6.07, 6.45) is 3.90. The summed E-state index contributed by atoms with van der Waals surface area (Å²) in [7, 11) is 1.87. The standard InChI is InChI=1S/C17H20N2O/c1-11-16(12(2)19(3)18-11)17(20)15-9-7-14(8-10-15)13-5-4-6-13/h7-10,13H,4-6H2,1-3H3. The highest BCUT2D eigenvalue weighted by Crippen LogP contribution is 2.36. The molecule has 3 rings (SSSR count). The van der Waals surface area contributed by atoms with Gasteiger partial charge in [0, 0.05) is 18.3 Å². The van der Waals surface area contributed by atoms with E-state index in [1.807, 2.05) is 33.0 Å². The van der Waals surface area contributed by atoms with E-state index in [1.165, 1.54) is 24.8 Å². The quantitative estimate of drug-likeness (QED) is 0.798. The fraction of sp³-hybridized carbons (Fsp3) is 0.412. The topological polar surface area (TPSA) is 34.9 Å². The Morgan fingerprint density at radius 3 is 2.30 bits per heavy atom. The molecule has 0 spiro atoms. The molecule has 0 bridgehead atoms. The van der Waals surface area contributed by atoms with Crippen molar-refractivity contribution in [1.82, 2.24) is 9.78 Å². The number of hydrogen-bond acceptors (Lipinski definition) is 2. The van der Waals surface area contributed by atoms with Gasteiger partial charge in [-0.1, -0.05) is 30.7 Å². The molecule has 0 radical (unpaired) electrons. The van der Waals surface area contributed by atoms with E-state index in [2.05, 4.69) is 17.2 Å². The summed E-state index contributed by atoms with van der Waals surface area (Å²) < 4.78 is 1.77. The number of benzene rings is 1. The lowest BCUT2D eigenvalue weighted by Crippen LogP contribution is -2.09. The zero-order chi connectivity index (χ0) is 14.3. The van der Waals surface area contributed by atoms with Crippen molar-refractivity contribution in [2.75, 3.05) is 0 Å². The first-order valence-corrected chi connectivity index (χ1v) is 7.23. The molecular formula is C17H20N2O. The van der Waals surface area contributed by atoms with E-state index < -0.39 is 0 Å². The third-order valence-electron chi connectivity index (χ3n) is 4.49. The summed E-state index contributed by atoms with van der Waals surface area (Å²) in [6.45, 7) is 3.83. The van der Waals surface area contributed by atoms with E-state index in [4.69, 9.17) is 0 Å². The van der Waals surface area contributed by atoms with E-state index in [0.29, 0.717) is 5.92 Å². The van der Waals surface area contributed by atoms with Crippen LogP contribution in [0.15, 0.2) is 24.3 Å². The first-order valence-electron chi connectivity index (χ1n) is 7.23. The molecule has 0 saturated heterocycles. The average Bonchev–Trinajstić information content (AvgIpc) is 2.61. The number of aryl methyl sites for hydroxylation is 2. The Balaban J connectivity index is 1.90. The van der Waals surface area contributed by atoms with Crippen LogP contribution in [0.25, 0.3) is 0 Å². The van der Waals surface area contributed by atoms with Gasteiger partial charge in [0.2, 0.25) is 0 Å². The number of carbonyl (C=O) groups is 1. The van der Waals surface area contributed by atoms with E-state index in [1.54, 1.807) is 4.68 Å². The van der Waals surface area contributed by atoms with Crippen molar-refractivity contribution in [2.24, 2.45) is 7.05 Å². The van der Waals surface area contributed by atoms with Gasteiger partial charge in [-0.2, -0.15) is 5.10 Å². The highest BCUT2D eigenvalue weighted by Gasteiger charge is 2.21. The molecule has 2 aromatic rings. The molecule has 1 heterocycles. The van der Waals surface area contributed by atoms with Crippen LogP contribution in [0.5, 0.6) is 0 Å². The third-order valence-corrected chi connectivity index (χ3v) is 4.49. The molecule has 104 valence electrons. The highest BCUT2D eigenvalue weighted by atomic mass is 16.1. The van der Waals surface area contributed by atoms with E-state index in [-0.39, 0.29) is 5.78 Å². The molecule has 0 atom stereocenters. The maximum Gasteiger partial charge on any atom is 0.196 e. The number of ketones is 1. The van der Waals surface area contributed by atoms with Gasteiger partial charge in [-0.05, 0) is 38.2 Å². The molecule has 1 aliphatic carbocycles. The van der Waals surface area contributed by atoms with Crippen molar-refractivity contribution < 1.29 is 4.79 Å². The van der Waals surface area contributed by atoms with Crippen LogP contribution in [-0.4, -0.2) is 15.6 Å². The van der Waals surface area contributed by atoms with Crippen molar-refractivity contribution in [3.05, 3.63) is 52.3 Å². The second-order valence-electron chi connectivity index (χ2n) is 5.75. The SMILES string of the molecule is Cc1nn(C)c(C)c1C(=O)c1ccc(C2CCC2)cc1. The van der Waals surface area contributed by atoms with Crippen molar-refractivity contribution >= 4 is 5.78 Å². The van der Waals surface area contributed by atoms with E-state index in [9.17, 15) is 4.79 Å². The molecule has 1 fully saturated rings. The number of carbonyl (C=O) groups excluding carboxylic acids is 1. The zero-order valence-electron chi connectivity index (χ0n) is 12.3. The first kappa shape index (κ1) is 13.1. The van der Waals surface area contributed by atoms with Crippen LogP contribution >= 0.6 is 0 Å². The smallest absolute Gasteiger partial charge is 0.196 e. The van der Waals surface area contributed by atoms with Crippen LogP contribution in [0.1, 0.15) is 58.1 Å². The van der Waals surface area contributed by atoms with Crippen LogP contribution in [0.3, 0.4) is 0 Å². The van der Waals surface area contributed by atoms with E-state index >= 15 is 0 Å². The summed E-state index contributed by atoms with van der Waals surface area (Å²) in [5.41, 5.74) is 4.59. The van der Waals surface area contributed by atoms with Gasteiger partial charge in [0.25, 0.3) is 0 Å². The summed E-state index contributed by atoms with van der Waals surface area (Å²) in [5.74, 6) is 0.786.